The molecule has 2 aliphatic heterocycles. The van der Waals surface area contributed by atoms with Gasteiger partial charge in [0, 0.05) is 38.4 Å². The lowest BCUT2D eigenvalue weighted by molar-refractivity contribution is -0.116. The number of hydrogen-bond acceptors (Lipinski definition) is 5. The molecule has 1 N–H and O–H groups in total. The summed E-state index contributed by atoms with van der Waals surface area (Å²) < 4.78 is 2.08. The van der Waals surface area contributed by atoms with Crippen LogP contribution >= 0.6 is 11.8 Å². The maximum atomic E-state index is 12.6. The Kier molecular flexibility index (Phi) is 5.95. The molecule has 2 aromatic heterocycles. The lowest BCUT2D eigenvalue weighted by atomic mass is 10.2. The van der Waals surface area contributed by atoms with Crippen molar-refractivity contribution in [3.05, 3.63) is 65.3 Å². The number of amides is 1. The first-order valence-electron chi connectivity index (χ1n) is 10.9. The van der Waals surface area contributed by atoms with Crippen LogP contribution in [0.3, 0.4) is 0 Å². The number of imidazole rings is 1. The topological polar surface area (TPSA) is 52.9 Å². The molecule has 1 amide bonds. The van der Waals surface area contributed by atoms with E-state index in [1.54, 1.807) is 0 Å². The number of unbranched alkanes of at least 4 members (excludes halogenated alkanes) is 1. The van der Waals surface area contributed by atoms with Gasteiger partial charge in [-0.1, -0.05) is 36.0 Å². The second kappa shape index (κ2) is 9.16. The second-order valence-corrected chi connectivity index (χ2v) is 9.04. The van der Waals surface area contributed by atoms with Crippen molar-refractivity contribution in [1.29, 1.82) is 0 Å². The Hall–Kier alpha value is -2.77. The lowest BCUT2D eigenvalue weighted by Crippen LogP contribution is -2.46. The van der Waals surface area contributed by atoms with Crippen LogP contribution < -0.4 is 10.2 Å². The average Bonchev–Trinajstić information content (AvgIpc) is 3.24. The Morgan fingerprint density at radius 1 is 1.00 bits per heavy atom. The predicted molar refractivity (Wildman–Crippen MR) is 126 cm³/mol. The highest BCUT2D eigenvalue weighted by atomic mass is 32.2. The van der Waals surface area contributed by atoms with Crippen molar-refractivity contribution in [1.82, 2.24) is 19.6 Å². The van der Waals surface area contributed by atoms with E-state index in [-0.39, 0.29) is 5.91 Å². The number of pyridine rings is 1. The first kappa shape index (κ1) is 20.2. The van der Waals surface area contributed by atoms with Gasteiger partial charge in [-0.05, 0) is 49.7 Å². The summed E-state index contributed by atoms with van der Waals surface area (Å²) in [5.41, 5.74) is 3.20. The number of carbonyl (C=O) groups excluding carboxylic acids is 1. The van der Waals surface area contributed by atoms with Crippen molar-refractivity contribution in [3.8, 4) is 0 Å². The van der Waals surface area contributed by atoms with Gasteiger partial charge in [-0.2, -0.15) is 0 Å². The van der Waals surface area contributed by atoms with Crippen molar-refractivity contribution < 1.29 is 4.79 Å². The molecule has 3 aromatic rings. The number of aromatic nitrogens is 2. The van der Waals surface area contributed by atoms with Gasteiger partial charge >= 0.3 is 0 Å². The van der Waals surface area contributed by atoms with E-state index in [4.69, 9.17) is 0 Å². The number of piperazine rings is 1. The molecule has 5 rings (SSSR count). The third-order valence-corrected chi connectivity index (χ3v) is 6.97. The summed E-state index contributed by atoms with van der Waals surface area (Å²) in [5, 5.41) is 4.12. The Balaban J connectivity index is 1.03. The summed E-state index contributed by atoms with van der Waals surface area (Å²) in [6.07, 6.45) is 5.85. The van der Waals surface area contributed by atoms with Gasteiger partial charge in [0.1, 0.15) is 5.65 Å². The number of thioether (sulfide) groups is 1. The molecule has 7 heteroatoms. The van der Waals surface area contributed by atoms with Gasteiger partial charge in [-0.3, -0.25) is 14.1 Å². The monoisotopic (exact) mass is 433 g/mol. The van der Waals surface area contributed by atoms with Crippen LogP contribution in [0, 0.1) is 0 Å². The van der Waals surface area contributed by atoms with Crippen molar-refractivity contribution in [2.24, 2.45) is 0 Å². The molecule has 0 unspecified atom stereocenters. The van der Waals surface area contributed by atoms with E-state index in [9.17, 15) is 4.79 Å². The van der Waals surface area contributed by atoms with E-state index in [0.717, 1.165) is 66.8 Å². The number of nitrogens with one attached hydrogen (secondary N) is 1. The minimum absolute atomic E-state index is 0.00549. The number of benzene rings is 1. The summed E-state index contributed by atoms with van der Waals surface area (Å²) in [5.74, 6) is 0.00549. The van der Waals surface area contributed by atoms with Crippen LogP contribution in [-0.2, 0) is 4.79 Å². The largest absolute Gasteiger partial charge is 0.369 e. The standard InChI is InChI=1S/C24H27N5OS/c30-24(21-17-20-18-26-22-9-6-10-23(31-21)29(20)22)25-11-4-5-12-27-13-15-28(16-14-27)19-7-2-1-3-8-19/h1-3,6-10,17-18H,4-5,11-16H2,(H,25,30). The Morgan fingerprint density at radius 3 is 2.68 bits per heavy atom. The van der Waals surface area contributed by atoms with Crippen molar-refractivity contribution >= 4 is 35.1 Å². The third-order valence-electron chi connectivity index (χ3n) is 5.92. The van der Waals surface area contributed by atoms with Crippen molar-refractivity contribution in [2.75, 3.05) is 44.2 Å². The maximum absolute atomic E-state index is 12.6. The normalized spacial score (nSPS) is 16.4. The molecule has 2 aliphatic rings. The number of nitrogens with zero attached hydrogens (tertiary/aromatic N) is 4. The fourth-order valence-corrected chi connectivity index (χ4v) is 5.22. The molecule has 0 saturated carbocycles. The van der Waals surface area contributed by atoms with Gasteiger partial charge in [-0.15, -0.1) is 0 Å². The summed E-state index contributed by atoms with van der Waals surface area (Å²) >= 11 is 1.51. The van der Waals surface area contributed by atoms with E-state index in [1.165, 1.54) is 17.4 Å². The van der Waals surface area contributed by atoms with Gasteiger partial charge in [0.05, 0.1) is 21.8 Å². The molecule has 0 spiro atoms. The van der Waals surface area contributed by atoms with Crippen LogP contribution in [0.2, 0.25) is 0 Å². The Morgan fingerprint density at radius 2 is 1.84 bits per heavy atom. The number of carbonyl (C=O) groups is 1. The molecule has 0 aliphatic carbocycles. The molecule has 0 bridgehead atoms. The average molecular weight is 434 g/mol. The molecule has 1 aromatic carbocycles. The van der Waals surface area contributed by atoms with E-state index >= 15 is 0 Å². The van der Waals surface area contributed by atoms with E-state index < -0.39 is 0 Å². The van der Waals surface area contributed by atoms with Crippen LogP contribution in [0.1, 0.15) is 18.5 Å². The first-order chi connectivity index (χ1) is 15.3. The van der Waals surface area contributed by atoms with Crippen LogP contribution in [0.4, 0.5) is 5.69 Å². The van der Waals surface area contributed by atoms with Gasteiger partial charge in [0.15, 0.2) is 0 Å². The summed E-state index contributed by atoms with van der Waals surface area (Å²) in [4.78, 5) is 22.8. The quantitative estimate of drug-likeness (QED) is 0.578. The molecule has 1 saturated heterocycles. The Labute approximate surface area is 186 Å². The second-order valence-electron chi connectivity index (χ2n) is 7.98. The number of anilines is 1. The number of rotatable bonds is 7. The van der Waals surface area contributed by atoms with Crippen LogP contribution in [0.5, 0.6) is 0 Å². The lowest BCUT2D eigenvalue weighted by Gasteiger charge is -2.36. The zero-order valence-corrected chi connectivity index (χ0v) is 18.4. The van der Waals surface area contributed by atoms with E-state index in [2.05, 4.69) is 54.8 Å². The molecular weight excluding hydrogens is 406 g/mol. The summed E-state index contributed by atoms with van der Waals surface area (Å²) in [7, 11) is 0. The zero-order valence-electron chi connectivity index (χ0n) is 17.5. The fraction of sp³-hybridized carbons (Fsp3) is 0.333. The molecule has 160 valence electrons. The van der Waals surface area contributed by atoms with Gasteiger partial charge in [0.2, 0.25) is 0 Å². The molecular formula is C24H27N5OS. The first-order valence-corrected chi connectivity index (χ1v) is 11.8. The van der Waals surface area contributed by atoms with Gasteiger partial charge in [0.25, 0.3) is 5.91 Å². The van der Waals surface area contributed by atoms with E-state index in [0.29, 0.717) is 6.54 Å². The Bertz CT molecular complexity index is 1090. The van der Waals surface area contributed by atoms with Gasteiger partial charge in [-0.25, -0.2) is 4.98 Å². The molecule has 4 heterocycles. The van der Waals surface area contributed by atoms with Crippen LogP contribution in [-0.4, -0.2) is 59.5 Å². The molecule has 0 radical (unpaired) electrons. The molecule has 0 atom stereocenters. The minimum Gasteiger partial charge on any atom is -0.369 e. The number of hydrogen-bond donors (Lipinski definition) is 1. The highest BCUT2D eigenvalue weighted by Crippen LogP contribution is 2.34. The fourth-order valence-electron chi connectivity index (χ4n) is 4.22. The highest BCUT2D eigenvalue weighted by Gasteiger charge is 2.20. The zero-order chi connectivity index (χ0) is 21.0. The molecule has 6 nitrogen and oxygen atoms in total. The maximum Gasteiger partial charge on any atom is 0.258 e. The minimum atomic E-state index is 0.00549. The van der Waals surface area contributed by atoms with Crippen LogP contribution in [0.25, 0.3) is 11.7 Å². The molecule has 1 fully saturated rings. The van der Waals surface area contributed by atoms with Gasteiger partial charge < -0.3 is 10.2 Å². The van der Waals surface area contributed by atoms with E-state index in [1.807, 2.05) is 30.5 Å². The number of para-hydroxylation sites is 1. The van der Waals surface area contributed by atoms with Crippen LogP contribution in [0.15, 0.2) is 64.7 Å². The SMILES string of the molecule is O=C(NCCCCN1CCN(c2ccccc2)CC1)C1=Cc2cnc3cccc(n23)S1. The highest BCUT2D eigenvalue weighted by molar-refractivity contribution is 8.04. The van der Waals surface area contributed by atoms with Crippen molar-refractivity contribution in [3.63, 3.8) is 0 Å². The molecule has 31 heavy (non-hydrogen) atoms. The summed E-state index contributed by atoms with van der Waals surface area (Å²) in [6.45, 7) is 6.17. The predicted octanol–water partition coefficient (Wildman–Crippen LogP) is 3.50. The van der Waals surface area contributed by atoms with Crippen molar-refractivity contribution in [2.45, 2.75) is 17.9 Å². The third kappa shape index (κ3) is 4.48. The smallest absolute Gasteiger partial charge is 0.258 e. The summed E-state index contributed by atoms with van der Waals surface area (Å²) in [6, 6.07) is 16.6.